The van der Waals surface area contributed by atoms with Gasteiger partial charge in [0.25, 0.3) is 5.91 Å². The molecule has 1 amide bonds. The first-order valence-electron chi connectivity index (χ1n) is 9.53. The third-order valence-electron chi connectivity index (χ3n) is 4.30. The summed E-state index contributed by atoms with van der Waals surface area (Å²) in [6, 6.07) is 20.5. The van der Waals surface area contributed by atoms with Crippen molar-refractivity contribution in [3.63, 3.8) is 0 Å². The Labute approximate surface area is 190 Å². The Hall–Kier alpha value is -3.56. The minimum Gasteiger partial charge on any atom is -0.489 e. The average Bonchev–Trinajstić information content (AvgIpc) is 2.78. The van der Waals surface area contributed by atoms with Crippen molar-refractivity contribution in [3.05, 3.63) is 93.5 Å². The molecule has 0 aliphatic carbocycles. The molecule has 156 valence electrons. The molecule has 0 saturated heterocycles. The van der Waals surface area contributed by atoms with Gasteiger partial charge < -0.3 is 9.47 Å². The maximum absolute atomic E-state index is 12.3. The molecule has 3 aromatic rings. The molecule has 5 nitrogen and oxygen atoms in total. The molecule has 0 unspecified atom stereocenters. The molecule has 1 N–H and O–H groups in total. The van der Waals surface area contributed by atoms with Crippen LogP contribution in [0.4, 0.5) is 0 Å². The number of nitrogens with zero attached hydrogens (tertiary/aromatic N) is 1. The Morgan fingerprint density at radius 2 is 1.84 bits per heavy atom. The Morgan fingerprint density at radius 3 is 2.55 bits per heavy atom. The minimum absolute atomic E-state index is 0.146. The van der Waals surface area contributed by atoms with Crippen LogP contribution in [-0.4, -0.2) is 18.7 Å². The van der Waals surface area contributed by atoms with Gasteiger partial charge in [0.15, 0.2) is 0 Å². The molecule has 3 aromatic carbocycles. The van der Waals surface area contributed by atoms with Gasteiger partial charge in [-0.25, -0.2) is 5.43 Å². The van der Waals surface area contributed by atoms with Crippen LogP contribution in [0, 0.1) is 19.3 Å². The number of halogens is 1. The molecule has 0 saturated carbocycles. The van der Waals surface area contributed by atoms with Crippen molar-refractivity contribution < 1.29 is 14.3 Å². The molecule has 6 heteroatoms. The van der Waals surface area contributed by atoms with Gasteiger partial charge in [-0.3, -0.25) is 4.79 Å². The highest BCUT2D eigenvalue weighted by Crippen LogP contribution is 2.21. The number of hydrogen-bond donors (Lipinski definition) is 1. The maximum Gasteiger partial charge on any atom is 0.271 e. The zero-order chi connectivity index (χ0) is 22.1. The molecule has 0 bridgehead atoms. The lowest BCUT2D eigenvalue weighted by Gasteiger charge is -2.08. The first-order chi connectivity index (χ1) is 15.0. The summed E-state index contributed by atoms with van der Waals surface area (Å²) in [5.41, 5.74) is 5.96. The fourth-order valence-electron chi connectivity index (χ4n) is 2.65. The number of carbonyl (C=O) groups excluding carboxylic acids is 1. The summed E-state index contributed by atoms with van der Waals surface area (Å²) in [6.45, 7) is 2.66. The SMILES string of the molecule is C#CCOc1ccc(Br)cc1/C=N\NC(=O)c1ccc(OCc2ccc(C)cc2)cc1. The highest BCUT2D eigenvalue weighted by atomic mass is 79.9. The molecule has 0 fully saturated rings. The van der Waals surface area contributed by atoms with Gasteiger partial charge in [0.2, 0.25) is 0 Å². The van der Waals surface area contributed by atoms with E-state index in [0.29, 0.717) is 29.2 Å². The molecule has 0 aliphatic heterocycles. The normalized spacial score (nSPS) is 10.5. The lowest BCUT2D eigenvalue weighted by Crippen LogP contribution is -2.17. The fraction of sp³-hybridized carbons (Fsp3) is 0.120. The second-order valence-electron chi connectivity index (χ2n) is 6.67. The van der Waals surface area contributed by atoms with Crippen LogP contribution >= 0.6 is 15.9 Å². The van der Waals surface area contributed by atoms with E-state index in [-0.39, 0.29) is 12.5 Å². The number of hydrogen-bond acceptors (Lipinski definition) is 4. The third kappa shape index (κ3) is 6.73. The number of carbonyl (C=O) groups is 1. The number of hydrazone groups is 1. The molecule has 31 heavy (non-hydrogen) atoms. The molecule has 0 aliphatic rings. The van der Waals surface area contributed by atoms with Crippen molar-refractivity contribution in [3.8, 4) is 23.8 Å². The Bertz CT molecular complexity index is 1100. The summed E-state index contributed by atoms with van der Waals surface area (Å²) in [4.78, 5) is 12.3. The summed E-state index contributed by atoms with van der Waals surface area (Å²) in [5, 5.41) is 4.02. The zero-order valence-electron chi connectivity index (χ0n) is 17.0. The van der Waals surface area contributed by atoms with Crippen LogP contribution < -0.4 is 14.9 Å². The lowest BCUT2D eigenvalue weighted by molar-refractivity contribution is 0.0955. The Balaban J connectivity index is 1.56. The maximum atomic E-state index is 12.3. The van der Waals surface area contributed by atoms with E-state index in [2.05, 4.69) is 32.4 Å². The van der Waals surface area contributed by atoms with Gasteiger partial charge in [0.1, 0.15) is 24.7 Å². The molecule has 0 heterocycles. The molecular weight excluding hydrogens is 456 g/mol. The van der Waals surface area contributed by atoms with Crippen LogP contribution in [0.5, 0.6) is 11.5 Å². The quantitative estimate of drug-likeness (QED) is 0.279. The first-order valence-corrected chi connectivity index (χ1v) is 10.3. The Morgan fingerprint density at radius 1 is 1.10 bits per heavy atom. The van der Waals surface area contributed by atoms with Gasteiger partial charge in [-0.2, -0.15) is 5.10 Å². The van der Waals surface area contributed by atoms with Gasteiger partial charge in [-0.05, 0) is 55.0 Å². The number of rotatable bonds is 8. The summed E-state index contributed by atoms with van der Waals surface area (Å²) in [5.74, 6) is 3.35. The van der Waals surface area contributed by atoms with Crippen molar-refractivity contribution in [2.24, 2.45) is 5.10 Å². The van der Waals surface area contributed by atoms with Crippen LogP contribution in [0.3, 0.4) is 0 Å². The van der Waals surface area contributed by atoms with E-state index >= 15 is 0 Å². The van der Waals surface area contributed by atoms with Crippen molar-refractivity contribution in [1.82, 2.24) is 5.43 Å². The summed E-state index contributed by atoms with van der Waals surface area (Å²) in [7, 11) is 0. The zero-order valence-corrected chi connectivity index (χ0v) is 18.6. The summed E-state index contributed by atoms with van der Waals surface area (Å²) >= 11 is 3.40. The van der Waals surface area contributed by atoms with Gasteiger partial charge >= 0.3 is 0 Å². The smallest absolute Gasteiger partial charge is 0.271 e. The van der Waals surface area contributed by atoms with Crippen LogP contribution in [0.15, 0.2) is 76.3 Å². The van der Waals surface area contributed by atoms with Crippen LogP contribution in [0.1, 0.15) is 27.0 Å². The second-order valence-corrected chi connectivity index (χ2v) is 7.59. The fourth-order valence-corrected chi connectivity index (χ4v) is 3.03. The van der Waals surface area contributed by atoms with Crippen molar-refractivity contribution >= 4 is 28.1 Å². The van der Waals surface area contributed by atoms with E-state index in [0.717, 1.165) is 10.0 Å². The van der Waals surface area contributed by atoms with Crippen LogP contribution in [0.2, 0.25) is 0 Å². The number of nitrogens with one attached hydrogen (secondary N) is 1. The van der Waals surface area contributed by atoms with E-state index < -0.39 is 0 Å². The Kier molecular flexibility index (Phi) is 7.85. The molecule has 0 radical (unpaired) electrons. The topological polar surface area (TPSA) is 59.9 Å². The second kappa shape index (κ2) is 11.0. The lowest BCUT2D eigenvalue weighted by atomic mass is 10.2. The third-order valence-corrected chi connectivity index (χ3v) is 4.79. The van der Waals surface area contributed by atoms with E-state index in [1.807, 2.05) is 43.3 Å². The molecule has 0 spiro atoms. The molecule has 0 atom stereocenters. The molecule has 0 aromatic heterocycles. The van der Waals surface area contributed by atoms with Crippen molar-refractivity contribution in [1.29, 1.82) is 0 Å². The molecule has 3 rings (SSSR count). The largest absolute Gasteiger partial charge is 0.489 e. The van der Waals surface area contributed by atoms with Crippen LogP contribution in [-0.2, 0) is 6.61 Å². The van der Waals surface area contributed by atoms with Gasteiger partial charge in [-0.15, -0.1) is 6.42 Å². The van der Waals surface area contributed by atoms with Crippen molar-refractivity contribution in [2.45, 2.75) is 13.5 Å². The number of amides is 1. The molecular formula is C25H21BrN2O3. The summed E-state index contributed by atoms with van der Waals surface area (Å²) < 4.78 is 12.1. The number of benzene rings is 3. The standard InChI is InChI=1S/C25H21BrN2O3/c1-3-14-30-24-13-10-22(26)15-21(24)16-27-28-25(29)20-8-11-23(12-9-20)31-17-19-6-4-18(2)5-7-19/h1,4-13,15-16H,14,17H2,2H3,(H,28,29)/b27-16-. The van der Waals surface area contributed by atoms with Gasteiger partial charge in [0.05, 0.1) is 6.21 Å². The number of terminal acetylenes is 1. The highest BCUT2D eigenvalue weighted by Gasteiger charge is 2.06. The van der Waals surface area contributed by atoms with E-state index in [1.165, 1.54) is 11.8 Å². The van der Waals surface area contributed by atoms with E-state index in [1.54, 1.807) is 30.3 Å². The number of aryl methyl sites for hydroxylation is 1. The monoisotopic (exact) mass is 476 g/mol. The first kappa shape index (κ1) is 22.1. The minimum atomic E-state index is -0.331. The van der Waals surface area contributed by atoms with Gasteiger partial charge in [-0.1, -0.05) is 51.7 Å². The van der Waals surface area contributed by atoms with Gasteiger partial charge in [0, 0.05) is 15.6 Å². The average molecular weight is 477 g/mol. The number of ether oxygens (including phenoxy) is 2. The summed E-state index contributed by atoms with van der Waals surface area (Å²) in [6.07, 6.45) is 6.75. The van der Waals surface area contributed by atoms with E-state index in [4.69, 9.17) is 15.9 Å². The van der Waals surface area contributed by atoms with Crippen molar-refractivity contribution in [2.75, 3.05) is 6.61 Å². The predicted molar refractivity (Wildman–Crippen MR) is 125 cm³/mol. The highest BCUT2D eigenvalue weighted by molar-refractivity contribution is 9.10. The van der Waals surface area contributed by atoms with Crippen LogP contribution in [0.25, 0.3) is 0 Å². The van der Waals surface area contributed by atoms with E-state index in [9.17, 15) is 4.79 Å². The predicted octanol–water partition coefficient (Wildman–Crippen LogP) is 5.11.